The average molecular weight is 265 g/mol. The van der Waals surface area contributed by atoms with Crippen molar-refractivity contribution < 1.29 is 4.79 Å². The van der Waals surface area contributed by atoms with Crippen molar-refractivity contribution >= 4 is 28.9 Å². The second-order valence-electron chi connectivity index (χ2n) is 3.99. The van der Waals surface area contributed by atoms with Gasteiger partial charge in [-0.15, -0.1) is 0 Å². The van der Waals surface area contributed by atoms with Crippen LogP contribution in [0.3, 0.4) is 0 Å². The summed E-state index contributed by atoms with van der Waals surface area (Å²) in [5.41, 5.74) is 7.93. The summed E-state index contributed by atoms with van der Waals surface area (Å²) in [6, 6.07) is 4.77. The van der Waals surface area contributed by atoms with Gasteiger partial charge in [-0.2, -0.15) is 5.10 Å². The molecule has 0 bridgehead atoms. The van der Waals surface area contributed by atoms with Gasteiger partial charge in [-0.3, -0.25) is 9.48 Å². The highest BCUT2D eigenvalue weighted by atomic mass is 35.5. The number of nitrogens with zero attached hydrogens (tertiary/aromatic N) is 2. The zero-order chi connectivity index (χ0) is 13.3. The molecule has 0 fully saturated rings. The van der Waals surface area contributed by atoms with Crippen LogP contribution in [0.1, 0.15) is 16.1 Å². The summed E-state index contributed by atoms with van der Waals surface area (Å²) in [4.78, 5) is 12.0. The molecule has 0 radical (unpaired) electrons. The van der Waals surface area contributed by atoms with E-state index in [9.17, 15) is 4.79 Å². The summed E-state index contributed by atoms with van der Waals surface area (Å²) in [7, 11) is 1.79. The van der Waals surface area contributed by atoms with Gasteiger partial charge >= 0.3 is 0 Å². The first-order valence-corrected chi connectivity index (χ1v) is 5.72. The molecule has 2 aromatic rings. The van der Waals surface area contributed by atoms with Gasteiger partial charge in [-0.25, -0.2) is 0 Å². The lowest BCUT2D eigenvalue weighted by Gasteiger charge is -2.05. The molecule has 0 atom stereocenters. The van der Waals surface area contributed by atoms with Crippen LogP contribution >= 0.6 is 11.6 Å². The summed E-state index contributed by atoms with van der Waals surface area (Å²) >= 11 is 5.87. The zero-order valence-corrected chi connectivity index (χ0v) is 10.8. The van der Waals surface area contributed by atoms with Crippen LogP contribution in [0.2, 0.25) is 5.02 Å². The summed E-state index contributed by atoms with van der Waals surface area (Å²) in [5, 5.41) is 7.28. The number of hydrogen-bond donors (Lipinski definition) is 2. The molecule has 0 saturated carbocycles. The van der Waals surface area contributed by atoms with E-state index in [0.717, 1.165) is 5.69 Å². The van der Waals surface area contributed by atoms with E-state index >= 15 is 0 Å². The van der Waals surface area contributed by atoms with Gasteiger partial charge in [-0.1, -0.05) is 11.6 Å². The number of carbonyl (C=O) groups excluding carboxylic acids is 1. The Balaban J connectivity index is 2.22. The van der Waals surface area contributed by atoms with Crippen molar-refractivity contribution in [2.24, 2.45) is 7.05 Å². The predicted molar refractivity (Wildman–Crippen MR) is 71.8 cm³/mol. The molecule has 2 rings (SSSR count). The molecule has 0 aliphatic heterocycles. The first kappa shape index (κ1) is 12.4. The van der Waals surface area contributed by atoms with Crippen molar-refractivity contribution in [1.82, 2.24) is 9.78 Å². The molecule has 0 unspecified atom stereocenters. The van der Waals surface area contributed by atoms with Crippen LogP contribution in [0.25, 0.3) is 0 Å². The second kappa shape index (κ2) is 4.70. The third-order valence-corrected chi connectivity index (χ3v) is 2.85. The van der Waals surface area contributed by atoms with E-state index in [1.165, 1.54) is 6.07 Å². The highest BCUT2D eigenvalue weighted by Crippen LogP contribution is 2.21. The first-order valence-electron chi connectivity index (χ1n) is 5.34. The SMILES string of the molecule is Cc1nn(C)cc1NC(=O)c1ccc(N)c(Cl)c1. The summed E-state index contributed by atoms with van der Waals surface area (Å²) in [5.74, 6) is -0.243. The number of nitrogen functional groups attached to an aromatic ring is 1. The minimum atomic E-state index is -0.243. The van der Waals surface area contributed by atoms with E-state index in [4.69, 9.17) is 17.3 Å². The van der Waals surface area contributed by atoms with Crippen LogP contribution in [0.5, 0.6) is 0 Å². The molecule has 1 amide bonds. The maximum absolute atomic E-state index is 12.0. The molecule has 18 heavy (non-hydrogen) atoms. The number of nitrogens with one attached hydrogen (secondary N) is 1. The van der Waals surface area contributed by atoms with Crippen LogP contribution < -0.4 is 11.1 Å². The molecule has 6 heteroatoms. The van der Waals surface area contributed by atoms with Gasteiger partial charge < -0.3 is 11.1 Å². The molecule has 1 aromatic heterocycles. The number of hydrogen-bond acceptors (Lipinski definition) is 3. The monoisotopic (exact) mass is 264 g/mol. The van der Waals surface area contributed by atoms with E-state index in [-0.39, 0.29) is 5.91 Å². The van der Waals surface area contributed by atoms with Gasteiger partial charge in [0.1, 0.15) is 0 Å². The predicted octanol–water partition coefficient (Wildman–Crippen LogP) is 2.22. The number of aryl methyl sites for hydroxylation is 2. The largest absolute Gasteiger partial charge is 0.398 e. The fourth-order valence-corrected chi connectivity index (χ4v) is 1.77. The molecule has 1 aromatic carbocycles. The molecular weight excluding hydrogens is 252 g/mol. The van der Waals surface area contributed by atoms with Gasteiger partial charge in [-0.05, 0) is 25.1 Å². The van der Waals surface area contributed by atoms with Crippen LogP contribution in [0.4, 0.5) is 11.4 Å². The van der Waals surface area contributed by atoms with E-state index < -0.39 is 0 Å². The molecule has 94 valence electrons. The van der Waals surface area contributed by atoms with E-state index in [2.05, 4.69) is 10.4 Å². The normalized spacial score (nSPS) is 10.4. The Morgan fingerprint density at radius 1 is 1.50 bits per heavy atom. The van der Waals surface area contributed by atoms with Crippen LogP contribution in [-0.4, -0.2) is 15.7 Å². The topological polar surface area (TPSA) is 72.9 Å². The maximum atomic E-state index is 12.0. The fourth-order valence-electron chi connectivity index (χ4n) is 1.59. The van der Waals surface area contributed by atoms with Crippen LogP contribution in [0, 0.1) is 6.92 Å². The average Bonchev–Trinajstić information content (AvgIpc) is 2.61. The van der Waals surface area contributed by atoms with Crippen LogP contribution in [0.15, 0.2) is 24.4 Å². The maximum Gasteiger partial charge on any atom is 0.255 e. The van der Waals surface area contributed by atoms with Gasteiger partial charge in [0.05, 0.1) is 22.1 Å². The number of anilines is 2. The quantitative estimate of drug-likeness (QED) is 0.817. The Bertz CT molecular complexity index is 606. The van der Waals surface area contributed by atoms with Gasteiger partial charge in [0.25, 0.3) is 5.91 Å². The minimum absolute atomic E-state index is 0.243. The van der Waals surface area contributed by atoms with Crippen molar-refractivity contribution in [2.75, 3.05) is 11.1 Å². The van der Waals surface area contributed by atoms with Crippen molar-refractivity contribution in [3.05, 3.63) is 40.7 Å². The number of carbonyl (C=O) groups is 1. The number of rotatable bonds is 2. The minimum Gasteiger partial charge on any atom is -0.398 e. The molecule has 5 nitrogen and oxygen atoms in total. The molecule has 1 heterocycles. The number of halogens is 1. The fraction of sp³-hybridized carbons (Fsp3) is 0.167. The van der Waals surface area contributed by atoms with Gasteiger partial charge in [0.15, 0.2) is 0 Å². The van der Waals surface area contributed by atoms with Crippen molar-refractivity contribution in [3.63, 3.8) is 0 Å². The second-order valence-corrected chi connectivity index (χ2v) is 4.40. The Morgan fingerprint density at radius 3 is 2.78 bits per heavy atom. The van der Waals surface area contributed by atoms with Gasteiger partial charge in [0, 0.05) is 18.8 Å². The third kappa shape index (κ3) is 2.46. The lowest BCUT2D eigenvalue weighted by atomic mass is 10.2. The smallest absolute Gasteiger partial charge is 0.255 e. The molecule has 0 aliphatic carbocycles. The third-order valence-electron chi connectivity index (χ3n) is 2.52. The standard InChI is InChI=1S/C12H13ClN4O/c1-7-11(6-17(2)16-7)15-12(18)8-3-4-10(14)9(13)5-8/h3-6H,14H2,1-2H3,(H,15,18). The van der Waals surface area contributed by atoms with Crippen molar-refractivity contribution in [1.29, 1.82) is 0 Å². The lowest BCUT2D eigenvalue weighted by Crippen LogP contribution is -2.12. The number of amides is 1. The Hall–Kier alpha value is -2.01. The highest BCUT2D eigenvalue weighted by Gasteiger charge is 2.11. The molecular formula is C12H13ClN4O. The van der Waals surface area contributed by atoms with E-state index in [0.29, 0.717) is 22.0 Å². The molecule has 0 saturated heterocycles. The summed E-state index contributed by atoms with van der Waals surface area (Å²) < 4.78 is 1.64. The van der Waals surface area contributed by atoms with Gasteiger partial charge in [0.2, 0.25) is 0 Å². The van der Waals surface area contributed by atoms with E-state index in [1.54, 1.807) is 30.1 Å². The zero-order valence-electron chi connectivity index (χ0n) is 10.1. The number of benzene rings is 1. The lowest BCUT2D eigenvalue weighted by molar-refractivity contribution is 0.102. The summed E-state index contributed by atoms with van der Waals surface area (Å²) in [6.07, 6.45) is 1.74. The Labute approximate surface area is 110 Å². The Morgan fingerprint density at radius 2 is 2.22 bits per heavy atom. The Kier molecular flexibility index (Phi) is 3.25. The van der Waals surface area contributed by atoms with Crippen molar-refractivity contribution in [2.45, 2.75) is 6.92 Å². The first-order chi connectivity index (χ1) is 8.47. The molecule has 0 spiro atoms. The highest BCUT2D eigenvalue weighted by molar-refractivity contribution is 6.33. The van der Waals surface area contributed by atoms with Crippen LogP contribution in [-0.2, 0) is 7.05 Å². The molecule has 0 aliphatic rings. The number of aromatic nitrogens is 2. The molecule has 3 N–H and O–H groups in total. The summed E-state index contributed by atoms with van der Waals surface area (Å²) in [6.45, 7) is 1.82. The van der Waals surface area contributed by atoms with Crippen molar-refractivity contribution in [3.8, 4) is 0 Å². The number of nitrogens with two attached hydrogens (primary N) is 1. The van der Waals surface area contributed by atoms with E-state index in [1.807, 2.05) is 6.92 Å².